The maximum absolute atomic E-state index is 13.4. The van der Waals surface area contributed by atoms with Crippen molar-refractivity contribution in [2.75, 3.05) is 0 Å². The van der Waals surface area contributed by atoms with Crippen molar-refractivity contribution in [2.24, 2.45) is 0 Å². The van der Waals surface area contributed by atoms with E-state index in [0.717, 1.165) is 24.5 Å². The van der Waals surface area contributed by atoms with E-state index < -0.39 is 27.8 Å². The highest BCUT2D eigenvalue weighted by Crippen LogP contribution is 2.14. The van der Waals surface area contributed by atoms with Crippen molar-refractivity contribution in [1.29, 1.82) is 0 Å². The van der Waals surface area contributed by atoms with Gasteiger partial charge in [-0.05, 0) is 30.2 Å². The largest absolute Gasteiger partial charge is 0.273 e. The molecule has 0 saturated carbocycles. The fourth-order valence-corrected chi connectivity index (χ4v) is 3.92. The van der Waals surface area contributed by atoms with E-state index in [0.29, 0.717) is 6.42 Å². The number of hydroxylamine groups is 1. The molecule has 2 aromatic carbocycles. The predicted molar refractivity (Wildman–Crippen MR) is 104 cm³/mol. The lowest BCUT2D eigenvalue weighted by atomic mass is 10.1. The van der Waals surface area contributed by atoms with Crippen LogP contribution in [-0.2, 0) is 26.3 Å². The fraction of sp³-hybridized carbons (Fsp3) is 0.350. The van der Waals surface area contributed by atoms with Gasteiger partial charge in [0.05, 0.1) is 11.5 Å². The number of nitrogens with one attached hydrogen (secondary N) is 2. The number of benzene rings is 2. The third kappa shape index (κ3) is 7.38. The maximum atomic E-state index is 13.4. The van der Waals surface area contributed by atoms with E-state index in [1.807, 2.05) is 37.3 Å². The Labute approximate surface area is 165 Å². The molecule has 0 aliphatic rings. The predicted octanol–water partition coefficient (Wildman–Crippen LogP) is 3.30. The lowest BCUT2D eigenvalue weighted by Gasteiger charge is -2.18. The number of hydrogen-bond acceptors (Lipinski definition) is 4. The van der Waals surface area contributed by atoms with E-state index in [2.05, 4.69) is 10.2 Å². The van der Waals surface area contributed by atoms with Gasteiger partial charge in [-0.15, -0.1) is 0 Å². The normalized spacial score (nSPS) is 12.5. The van der Waals surface area contributed by atoms with E-state index >= 15 is 0 Å². The van der Waals surface area contributed by atoms with Crippen molar-refractivity contribution in [3.8, 4) is 0 Å². The molecule has 0 aliphatic heterocycles. The van der Waals surface area contributed by atoms with E-state index in [1.165, 1.54) is 18.2 Å². The molecule has 0 fully saturated rings. The van der Waals surface area contributed by atoms with Crippen LogP contribution in [0.3, 0.4) is 0 Å². The second kappa shape index (κ2) is 10.9. The molecular formula is C20H25FN2O4S. The number of carbonyl (C=O) groups excluding carboxylic acids is 1. The Bertz CT molecular complexity index is 860. The van der Waals surface area contributed by atoms with Gasteiger partial charge < -0.3 is 0 Å². The second-order valence-corrected chi connectivity index (χ2v) is 8.14. The molecule has 0 saturated heterocycles. The van der Waals surface area contributed by atoms with Gasteiger partial charge in [0.2, 0.25) is 15.9 Å². The van der Waals surface area contributed by atoms with Gasteiger partial charge in [-0.25, -0.2) is 23.0 Å². The molecule has 0 spiro atoms. The molecule has 0 unspecified atom stereocenters. The highest BCUT2D eigenvalue weighted by atomic mass is 32.2. The van der Waals surface area contributed by atoms with Crippen molar-refractivity contribution in [1.82, 2.24) is 10.2 Å². The minimum Gasteiger partial charge on any atom is -0.273 e. The van der Waals surface area contributed by atoms with Crippen LogP contribution in [0.1, 0.15) is 38.2 Å². The Hall–Kier alpha value is -2.29. The summed E-state index contributed by atoms with van der Waals surface area (Å²) in [6.07, 6.45) is 2.00. The molecule has 1 amide bonds. The van der Waals surface area contributed by atoms with Gasteiger partial charge in [0.1, 0.15) is 5.82 Å². The first kappa shape index (κ1) is 22.0. The van der Waals surface area contributed by atoms with E-state index in [1.54, 1.807) is 0 Å². The van der Waals surface area contributed by atoms with Crippen LogP contribution in [0.25, 0.3) is 0 Å². The number of sulfonamides is 1. The molecule has 2 aromatic rings. The quantitative estimate of drug-likeness (QED) is 0.559. The Morgan fingerprint density at radius 1 is 1.14 bits per heavy atom. The van der Waals surface area contributed by atoms with Crippen LogP contribution in [0.5, 0.6) is 0 Å². The Morgan fingerprint density at radius 3 is 2.57 bits per heavy atom. The van der Waals surface area contributed by atoms with Crippen LogP contribution in [0, 0.1) is 5.82 Å². The first-order valence-electron chi connectivity index (χ1n) is 9.13. The molecular weight excluding hydrogens is 383 g/mol. The third-order valence-corrected chi connectivity index (χ3v) is 5.55. The first-order valence-corrected chi connectivity index (χ1v) is 10.6. The molecule has 152 valence electrons. The molecule has 0 aliphatic carbocycles. The van der Waals surface area contributed by atoms with Crippen LogP contribution >= 0.6 is 0 Å². The van der Waals surface area contributed by atoms with Gasteiger partial charge in [0, 0.05) is 12.5 Å². The van der Waals surface area contributed by atoms with Gasteiger partial charge in [0.25, 0.3) is 0 Å². The molecule has 1 atom stereocenters. The monoisotopic (exact) mass is 408 g/mol. The Balaban J connectivity index is 1.93. The van der Waals surface area contributed by atoms with Crippen LogP contribution in [0.2, 0.25) is 0 Å². The van der Waals surface area contributed by atoms with Crippen LogP contribution in [-0.4, -0.2) is 20.4 Å². The van der Waals surface area contributed by atoms with Gasteiger partial charge in [-0.3, -0.25) is 9.63 Å². The number of unbranched alkanes of at least 4 members (excludes halogenated alkanes) is 1. The summed E-state index contributed by atoms with van der Waals surface area (Å²) < 4.78 is 40.8. The van der Waals surface area contributed by atoms with Crippen LogP contribution < -0.4 is 10.2 Å². The molecule has 2 rings (SSSR count). The summed E-state index contributed by atoms with van der Waals surface area (Å²) in [5, 5.41) is 0. The van der Waals surface area contributed by atoms with E-state index in [4.69, 9.17) is 4.84 Å². The summed E-state index contributed by atoms with van der Waals surface area (Å²) in [4.78, 5) is 17.2. The van der Waals surface area contributed by atoms with E-state index in [-0.39, 0.29) is 17.9 Å². The highest BCUT2D eigenvalue weighted by molar-refractivity contribution is 7.89. The fourth-order valence-electron chi connectivity index (χ4n) is 2.61. The summed E-state index contributed by atoms with van der Waals surface area (Å²) in [5.41, 5.74) is 3.24. The number of hydrogen-bond donors (Lipinski definition) is 2. The first-order chi connectivity index (χ1) is 13.4. The minimum atomic E-state index is -3.93. The van der Waals surface area contributed by atoms with Gasteiger partial charge >= 0.3 is 0 Å². The number of halogens is 1. The molecule has 28 heavy (non-hydrogen) atoms. The molecule has 0 heterocycles. The Morgan fingerprint density at radius 2 is 1.89 bits per heavy atom. The SMILES string of the molecule is CCCC[C@@H](CC(=O)NOCc1ccccc1)NS(=O)(=O)c1cccc(F)c1. The lowest BCUT2D eigenvalue weighted by molar-refractivity contribution is -0.135. The number of rotatable bonds is 11. The molecule has 0 radical (unpaired) electrons. The zero-order valence-corrected chi connectivity index (χ0v) is 16.5. The minimum absolute atomic E-state index is 0.0800. The van der Waals surface area contributed by atoms with Crippen molar-refractivity contribution in [3.05, 3.63) is 66.0 Å². The van der Waals surface area contributed by atoms with Crippen molar-refractivity contribution in [3.63, 3.8) is 0 Å². The summed E-state index contributed by atoms with van der Waals surface area (Å²) in [7, 11) is -3.93. The highest BCUT2D eigenvalue weighted by Gasteiger charge is 2.22. The second-order valence-electron chi connectivity index (χ2n) is 6.42. The standard InChI is InChI=1S/C20H25FN2O4S/c1-2-3-11-18(23-28(25,26)19-12-7-10-17(21)13-19)14-20(24)22-27-15-16-8-5-4-6-9-16/h4-10,12-13,18,23H,2-3,11,14-15H2,1H3,(H,22,24)/t18-/m0/s1. The molecule has 6 nitrogen and oxygen atoms in total. The molecule has 8 heteroatoms. The summed E-state index contributed by atoms with van der Waals surface area (Å²) in [6, 6.07) is 13.5. The van der Waals surface area contributed by atoms with Crippen molar-refractivity contribution < 1.29 is 22.4 Å². The van der Waals surface area contributed by atoms with Crippen LogP contribution in [0.15, 0.2) is 59.5 Å². The van der Waals surface area contributed by atoms with E-state index in [9.17, 15) is 17.6 Å². The van der Waals surface area contributed by atoms with Crippen molar-refractivity contribution in [2.45, 2.75) is 50.2 Å². The maximum Gasteiger partial charge on any atom is 0.245 e. The number of amides is 1. The zero-order valence-electron chi connectivity index (χ0n) is 15.7. The zero-order chi connectivity index (χ0) is 20.4. The Kier molecular flexibility index (Phi) is 8.56. The number of carbonyl (C=O) groups is 1. The van der Waals surface area contributed by atoms with Crippen LogP contribution in [0.4, 0.5) is 4.39 Å². The average Bonchev–Trinajstić information content (AvgIpc) is 2.67. The molecule has 2 N–H and O–H groups in total. The topological polar surface area (TPSA) is 84.5 Å². The van der Waals surface area contributed by atoms with Crippen molar-refractivity contribution >= 4 is 15.9 Å². The lowest BCUT2D eigenvalue weighted by Crippen LogP contribution is -2.39. The van der Waals surface area contributed by atoms with Gasteiger partial charge in [-0.2, -0.15) is 0 Å². The summed E-state index contributed by atoms with van der Waals surface area (Å²) >= 11 is 0. The third-order valence-electron chi connectivity index (χ3n) is 4.03. The summed E-state index contributed by atoms with van der Waals surface area (Å²) in [6.45, 7) is 2.18. The molecule has 0 bridgehead atoms. The average molecular weight is 408 g/mol. The van der Waals surface area contributed by atoms with Gasteiger partial charge in [0.15, 0.2) is 0 Å². The van der Waals surface area contributed by atoms with Gasteiger partial charge in [-0.1, -0.05) is 56.2 Å². The summed E-state index contributed by atoms with van der Waals surface area (Å²) in [5.74, 6) is -1.07. The smallest absolute Gasteiger partial charge is 0.245 e. The molecule has 0 aromatic heterocycles.